The van der Waals surface area contributed by atoms with Crippen LogP contribution in [0.1, 0.15) is 245 Å². The lowest BCUT2D eigenvalue weighted by Gasteiger charge is -2.46. The molecule has 2 heterocycles. The van der Waals surface area contributed by atoms with Crippen molar-refractivity contribution in [3.63, 3.8) is 0 Å². The Labute approximate surface area is 425 Å². The first kappa shape index (κ1) is 64.8. The molecule has 2 rings (SSSR count). The Balaban J connectivity index is 1.72. The molecule has 0 saturated carbocycles. The molecule has 2 saturated heterocycles. The minimum Gasteiger partial charge on any atom is -0.394 e. The van der Waals surface area contributed by atoms with Crippen LogP contribution in [0.5, 0.6) is 0 Å². The lowest BCUT2D eigenvalue weighted by Crippen LogP contribution is -2.65. The standard InChI is InChI=1S/C56H107NO13/c1-3-5-7-9-11-13-15-17-18-19-20-21-22-23-24-25-26-27-28-30-32-34-36-38-40-48(61)57-44(45(60)39-37-35-33-31-29-16-14-12-10-8-6-4-2)43-67-55-53(66)51(64)54(47(42-59)69-55)70-56-52(65)50(63)49(62)46(41-58)68-56/h37,39,44-47,49-56,58-60,62-66H,3-36,38,40-43H2,1-2H3,(H,57,61)/b39-37+. The van der Waals surface area contributed by atoms with E-state index in [1.807, 2.05) is 6.08 Å². The largest absolute Gasteiger partial charge is 0.394 e. The second kappa shape index (κ2) is 43.0. The fourth-order valence-corrected chi connectivity index (χ4v) is 9.76. The maximum absolute atomic E-state index is 13.2. The number of allylic oxidation sites excluding steroid dienone is 1. The first-order valence-electron chi connectivity index (χ1n) is 28.9. The number of rotatable bonds is 46. The number of ether oxygens (including phenoxy) is 4. The number of amides is 1. The number of carbonyl (C=O) groups is 1. The molecular formula is C56H107NO13. The van der Waals surface area contributed by atoms with Gasteiger partial charge in [-0.2, -0.15) is 0 Å². The van der Waals surface area contributed by atoms with E-state index in [0.717, 1.165) is 38.5 Å². The average molecular weight is 1000 g/mol. The van der Waals surface area contributed by atoms with Gasteiger partial charge in [-0.15, -0.1) is 0 Å². The van der Waals surface area contributed by atoms with E-state index >= 15 is 0 Å². The van der Waals surface area contributed by atoms with Gasteiger partial charge in [0.25, 0.3) is 0 Å². The molecule has 70 heavy (non-hydrogen) atoms. The highest BCUT2D eigenvalue weighted by atomic mass is 16.7. The molecule has 0 radical (unpaired) electrons. The van der Waals surface area contributed by atoms with Crippen molar-refractivity contribution in [3.05, 3.63) is 12.2 Å². The summed E-state index contributed by atoms with van der Waals surface area (Å²) in [4.78, 5) is 13.2. The van der Waals surface area contributed by atoms with Gasteiger partial charge in [-0.1, -0.05) is 231 Å². The zero-order chi connectivity index (χ0) is 51.0. The first-order chi connectivity index (χ1) is 34.1. The number of hydrogen-bond donors (Lipinski definition) is 9. The molecule has 2 aliphatic heterocycles. The van der Waals surface area contributed by atoms with Crippen molar-refractivity contribution in [2.75, 3.05) is 19.8 Å². The third-order valence-electron chi connectivity index (χ3n) is 14.5. The smallest absolute Gasteiger partial charge is 0.220 e. The molecule has 0 aromatic rings. The summed E-state index contributed by atoms with van der Waals surface area (Å²) in [6.45, 7) is 2.81. The maximum Gasteiger partial charge on any atom is 0.220 e. The molecule has 0 aromatic carbocycles. The van der Waals surface area contributed by atoms with Gasteiger partial charge in [0.15, 0.2) is 12.6 Å². The molecule has 2 aliphatic rings. The second-order valence-corrected chi connectivity index (χ2v) is 20.8. The summed E-state index contributed by atoms with van der Waals surface area (Å²) in [6.07, 6.45) is 31.2. The Morgan fingerprint density at radius 2 is 0.886 bits per heavy atom. The molecule has 12 unspecified atom stereocenters. The Kier molecular flexibility index (Phi) is 39.9. The van der Waals surface area contributed by atoms with Crippen molar-refractivity contribution in [3.8, 4) is 0 Å². The lowest BCUT2D eigenvalue weighted by atomic mass is 9.97. The Hall–Kier alpha value is -1.27. The van der Waals surface area contributed by atoms with E-state index in [1.165, 1.54) is 180 Å². The number of unbranched alkanes of at least 4 members (excludes halogenated alkanes) is 33. The highest BCUT2D eigenvalue weighted by Gasteiger charge is 2.51. The minimum absolute atomic E-state index is 0.235. The predicted octanol–water partition coefficient (Wildman–Crippen LogP) is 9.11. The van der Waals surface area contributed by atoms with Crippen LogP contribution in [0, 0.1) is 0 Å². The molecule has 0 aliphatic carbocycles. The number of carbonyl (C=O) groups excluding carboxylic acids is 1. The van der Waals surface area contributed by atoms with E-state index < -0.39 is 86.8 Å². The second-order valence-electron chi connectivity index (χ2n) is 20.8. The van der Waals surface area contributed by atoms with E-state index in [1.54, 1.807) is 6.08 Å². The fourth-order valence-electron chi connectivity index (χ4n) is 9.76. The molecule has 0 spiro atoms. The van der Waals surface area contributed by atoms with Crippen molar-refractivity contribution in [2.24, 2.45) is 0 Å². The molecule has 14 heteroatoms. The van der Waals surface area contributed by atoms with Crippen molar-refractivity contribution in [1.82, 2.24) is 5.32 Å². The minimum atomic E-state index is -1.78. The van der Waals surface area contributed by atoms with Gasteiger partial charge < -0.3 is 65.1 Å². The van der Waals surface area contributed by atoms with Gasteiger partial charge in [0.1, 0.15) is 48.8 Å². The van der Waals surface area contributed by atoms with Crippen LogP contribution >= 0.6 is 0 Å². The molecule has 14 nitrogen and oxygen atoms in total. The molecule has 2 fully saturated rings. The normalized spacial score (nSPS) is 26.0. The van der Waals surface area contributed by atoms with Gasteiger partial charge in [-0.05, 0) is 19.3 Å². The van der Waals surface area contributed by atoms with Crippen LogP contribution in [-0.4, -0.2) is 140 Å². The van der Waals surface area contributed by atoms with Gasteiger partial charge in [0.2, 0.25) is 5.91 Å². The Morgan fingerprint density at radius 1 is 0.500 bits per heavy atom. The van der Waals surface area contributed by atoms with Gasteiger partial charge >= 0.3 is 0 Å². The van der Waals surface area contributed by atoms with Crippen LogP contribution in [0.15, 0.2) is 12.2 Å². The predicted molar refractivity (Wildman–Crippen MR) is 277 cm³/mol. The summed E-state index contributed by atoms with van der Waals surface area (Å²) in [5.41, 5.74) is 0. The Bertz CT molecular complexity index is 1230. The van der Waals surface area contributed by atoms with Crippen molar-refractivity contribution < 1.29 is 64.6 Å². The molecule has 0 aromatic heterocycles. The topological polar surface area (TPSA) is 228 Å². The molecular weight excluding hydrogens is 895 g/mol. The lowest BCUT2D eigenvalue weighted by molar-refractivity contribution is -0.359. The van der Waals surface area contributed by atoms with Gasteiger partial charge in [0, 0.05) is 6.42 Å². The number of aliphatic hydroxyl groups excluding tert-OH is 8. The zero-order valence-electron chi connectivity index (χ0n) is 44.3. The van der Waals surface area contributed by atoms with E-state index in [-0.39, 0.29) is 18.9 Å². The van der Waals surface area contributed by atoms with E-state index in [9.17, 15) is 45.6 Å². The van der Waals surface area contributed by atoms with Gasteiger partial charge in [-0.25, -0.2) is 0 Å². The van der Waals surface area contributed by atoms with Crippen LogP contribution in [0.4, 0.5) is 0 Å². The summed E-state index contributed by atoms with van der Waals surface area (Å²) in [5, 5.41) is 86.9. The summed E-state index contributed by atoms with van der Waals surface area (Å²) >= 11 is 0. The third-order valence-corrected chi connectivity index (χ3v) is 14.5. The molecule has 9 N–H and O–H groups in total. The fraction of sp³-hybridized carbons (Fsp3) is 0.946. The van der Waals surface area contributed by atoms with Crippen LogP contribution in [0.2, 0.25) is 0 Å². The van der Waals surface area contributed by atoms with Crippen LogP contribution < -0.4 is 5.32 Å². The van der Waals surface area contributed by atoms with E-state index in [4.69, 9.17) is 18.9 Å². The molecule has 0 bridgehead atoms. The number of aliphatic hydroxyl groups is 8. The van der Waals surface area contributed by atoms with Crippen molar-refractivity contribution in [1.29, 1.82) is 0 Å². The molecule has 12 atom stereocenters. The zero-order valence-corrected chi connectivity index (χ0v) is 44.3. The summed E-state index contributed by atoms with van der Waals surface area (Å²) in [7, 11) is 0. The summed E-state index contributed by atoms with van der Waals surface area (Å²) < 4.78 is 22.7. The third kappa shape index (κ3) is 29.0. The molecule has 1 amide bonds. The summed E-state index contributed by atoms with van der Waals surface area (Å²) in [6, 6.07) is -0.908. The van der Waals surface area contributed by atoms with Gasteiger partial charge in [-0.3, -0.25) is 4.79 Å². The van der Waals surface area contributed by atoms with Crippen molar-refractivity contribution in [2.45, 2.75) is 319 Å². The van der Waals surface area contributed by atoms with Crippen molar-refractivity contribution >= 4 is 5.91 Å². The quantitative estimate of drug-likeness (QED) is 0.0205. The Morgan fingerprint density at radius 3 is 1.31 bits per heavy atom. The summed E-state index contributed by atoms with van der Waals surface area (Å²) in [5.74, 6) is -0.235. The monoisotopic (exact) mass is 1000 g/mol. The SMILES string of the molecule is CCCCCCCCCCCC/C=C/C(O)C(COC1OC(CO)C(OC2OC(CO)C(O)C(O)C2O)C(O)C1O)NC(=O)CCCCCCCCCCCCCCCCCCCCCCCCCC. The number of hydrogen-bond acceptors (Lipinski definition) is 13. The van der Waals surface area contributed by atoms with E-state index in [2.05, 4.69) is 19.2 Å². The van der Waals surface area contributed by atoms with Gasteiger partial charge in [0.05, 0.1) is 32.0 Å². The average Bonchev–Trinajstić information content (AvgIpc) is 3.36. The van der Waals surface area contributed by atoms with Crippen LogP contribution in [0.3, 0.4) is 0 Å². The van der Waals surface area contributed by atoms with Crippen LogP contribution in [-0.2, 0) is 23.7 Å². The number of nitrogens with one attached hydrogen (secondary N) is 1. The highest BCUT2D eigenvalue weighted by molar-refractivity contribution is 5.76. The highest BCUT2D eigenvalue weighted by Crippen LogP contribution is 2.30. The first-order valence-corrected chi connectivity index (χ1v) is 28.9. The molecule has 414 valence electrons. The maximum atomic E-state index is 13.2. The van der Waals surface area contributed by atoms with Crippen LogP contribution in [0.25, 0.3) is 0 Å². The van der Waals surface area contributed by atoms with E-state index in [0.29, 0.717) is 6.42 Å².